The topological polar surface area (TPSA) is 92.9 Å². The van der Waals surface area contributed by atoms with Crippen molar-refractivity contribution in [2.75, 3.05) is 17.6 Å². The van der Waals surface area contributed by atoms with Crippen molar-refractivity contribution in [2.45, 2.75) is 20.4 Å². The van der Waals surface area contributed by atoms with Crippen LogP contribution in [0.15, 0.2) is 9.59 Å². The standard InChI is InChI=1S/C8H14N4O2/c1-3-10-5-6(9)12(4-2)8(14)11-7(5)13/h10H,3-4,9H2,1-2H3,(H,11,13,14). The minimum atomic E-state index is -0.475. The van der Waals surface area contributed by atoms with Crippen molar-refractivity contribution in [1.29, 1.82) is 0 Å². The zero-order valence-corrected chi connectivity index (χ0v) is 8.26. The molecule has 1 heterocycles. The molecule has 6 nitrogen and oxygen atoms in total. The van der Waals surface area contributed by atoms with Crippen LogP contribution in [0.2, 0.25) is 0 Å². The van der Waals surface area contributed by atoms with E-state index in [4.69, 9.17) is 5.73 Å². The molecule has 0 radical (unpaired) electrons. The molecular weight excluding hydrogens is 184 g/mol. The van der Waals surface area contributed by atoms with Crippen molar-refractivity contribution in [1.82, 2.24) is 9.55 Å². The molecule has 0 aromatic carbocycles. The van der Waals surface area contributed by atoms with Crippen molar-refractivity contribution in [3.63, 3.8) is 0 Å². The molecule has 0 saturated carbocycles. The molecule has 1 aromatic rings. The average molecular weight is 198 g/mol. The van der Waals surface area contributed by atoms with Gasteiger partial charge in [-0.25, -0.2) is 4.79 Å². The van der Waals surface area contributed by atoms with Gasteiger partial charge in [-0.1, -0.05) is 0 Å². The van der Waals surface area contributed by atoms with Gasteiger partial charge in [0.15, 0.2) is 0 Å². The van der Waals surface area contributed by atoms with Crippen LogP contribution in [0.1, 0.15) is 13.8 Å². The van der Waals surface area contributed by atoms with E-state index < -0.39 is 11.2 Å². The van der Waals surface area contributed by atoms with Gasteiger partial charge < -0.3 is 11.1 Å². The molecule has 0 bridgehead atoms. The Morgan fingerprint density at radius 2 is 2.07 bits per heavy atom. The number of aromatic amines is 1. The van der Waals surface area contributed by atoms with E-state index in [2.05, 4.69) is 10.3 Å². The number of aromatic nitrogens is 2. The van der Waals surface area contributed by atoms with Gasteiger partial charge in [-0.05, 0) is 13.8 Å². The third-order valence-electron chi connectivity index (χ3n) is 1.91. The Morgan fingerprint density at radius 1 is 1.43 bits per heavy atom. The summed E-state index contributed by atoms with van der Waals surface area (Å²) in [5.41, 5.74) is 4.97. The van der Waals surface area contributed by atoms with Crippen molar-refractivity contribution in [2.24, 2.45) is 0 Å². The van der Waals surface area contributed by atoms with Gasteiger partial charge in [-0.2, -0.15) is 0 Å². The summed E-state index contributed by atoms with van der Waals surface area (Å²) < 4.78 is 1.30. The second-order valence-corrected chi connectivity index (χ2v) is 2.79. The van der Waals surface area contributed by atoms with Crippen molar-refractivity contribution < 1.29 is 0 Å². The number of H-pyrrole nitrogens is 1. The van der Waals surface area contributed by atoms with Crippen molar-refractivity contribution in [3.8, 4) is 0 Å². The summed E-state index contributed by atoms with van der Waals surface area (Å²) in [6.45, 7) is 4.64. The Labute approximate surface area is 80.8 Å². The van der Waals surface area contributed by atoms with E-state index in [1.807, 2.05) is 6.92 Å². The predicted octanol–water partition coefficient (Wildman–Crippen LogP) is -0.429. The molecule has 1 aromatic heterocycles. The Balaban J connectivity index is 3.44. The zero-order valence-electron chi connectivity index (χ0n) is 8.26. The molecule has 0 aliphatic heterocycles. The van der Waals surface area contributed by atoms with Crippen LogP contribution in [0.25, 0.3) is 0 Å². The SMILES string of the molecule is CCNc1c(N)n(CC)c(=O)[nH]c1=O. The maximum atomic E-state index is 11.3. The maximum Gasteiger partial charge on any atom is 0.330 e. The molecule has 0 atom stereocenters. The average Bonchev–Trinajstić information content (AvgIpc) is 2.12. The third kappa shape index (κ3) is 1.63. The number of nitrogens with two attached hydrogens (primary N) is 1. The highest BCUT2D eigenvalue weighted by Crippen LogP contribution is 2.08. The molecule has 0 saturated heterocycles. The molecule has 6 heteroatoms. The first-order valence-electron chi connectivity index (χ1n) is 4.48. The van der Waals surface area contributed by atoms with Crippen LogP contribution in [0.3, 0.4) is 0 Å². The maximum absolute atomic E-state index is 11.3. The van der Waals surface area contributed by atoms with E-state index in [9.17, 15) is 9.59 Å². The Kier molecular flexibility index (Phi) is 2.95. The highest BCUT2D eigenvalue weighted by Gasteiger charge is 2.09. The van der Waals surface area contributed by atoms with Crippen LogP contribution in [0.4, 0.5) is 11.5 Å². The molecule has 4 N–H and O–H groups in total. The summed E-state index contributed by atoms with van der Waals surface area (Å²) in [5.74, 6) is 0.183. The van der Waals surface area contributed by atoms with E-state index in [1.165, 1.54) is 4.57 Å². The molecule has 14 heavy (non-hydrogen) atoms. The summed E-state index contributed by atoms with van der Waals surface area (Å²) in [7, 11) is 0. The van der Waals surface area contributed by atoms with Crippen LogP contribution in [0, 0.1) is 0 Å². The van der Waals surface area contributed by atoms with E-state index >= 15 is 0 Å². The van der Waals surface area contributed by atoms with Crippen LogP contribution in [-0.4, -0.2) is 16.1 Å². The Morgan fingerprint density at radius 3 is 2.57 bits per heavy atom. The lowest BCUT2D eigenvalue weighted by Gasteiger charge is -2.10. The quantitative estimate of drug-likeness (QED) is 0.614. The molecule has 0 fully saturated rings. The number of anilines is 2. The van der Waals surface area contributed by atoms with Crippen LogP contribution < -0.4 is 22.3 Å². The molecular formula is C8H14N4O2. The number of hydrogen-bond donors (Lipinski definition) is 3. The fourth-order valence-corrected chi connectivity index (χ4v) is 1.25. The summed E-state index contributed by atoms with van der Waals surface area (Å²) in [6, 6.07) is 0. The summed E-state index contributed by atoms with van der Waals surface area (Å²) in [4.78, 5) is 24.7. The molecule has 0 amide bonds. The van der Waals surface area contributed by atoms with Crippen LogP contribution in [0.5, 0.6) is 0 Å². The predicted molar refractivity (Wildman–Crippen MR) is 55.6 cm³/mol. The molecule has 0 spiro atoms. The molecule has 78 valence electrons. The number of nitrogens with zero attached hydrogens (tertiary/aromatic N) is 1. The first kappa shape index (κ1) is 10.4. The van der Waals surface area contributed by atoms with Gasteiger partial charge in [0, 0.05) is 13.1 Å². The molecule has 0 aliphatic rings. The smallest absolute Gasteiger partial charge is 0.330 e. The Hall–Kier alpha value is -1.72. The normalized spacial score (nSPS) is 10.1. The number of nitrogens with one attached hydrogen (secondary N) is 2. The minimum absolute atomic E-state index is 0.183. The Bertz CT molecular complexity index is 432. The second-order valence-electron chi connectivity index (χ2n) is 2.79. The number of hydrogen-bond acceptors (Lipinski definition) is 4. The highest BCUT2D eigenvalue weighted by molar-refractivity contribution is 5.60. The number of rotatable bonds is 3. The number of nitrogen functional groups attached to an aromatic ring is 1. The summed E-state index contributed by atoms with van der Waals surface area (Å²) in [5, 5.41) is 2.82. The van der Waals surface area contributed by atoms with E-state index in [0.717, 1.165) is 0 Å². The van der Waals surface area contributed by atoms with Gasteiger partial charge in [0.1, 0.15) is 11.5 Å². The lowest BCUT2D eigenvalue weighted by Crippen LogP contribution is -2.33. The monoisotopic (exact) mass is 198 g/mol. The second kappa shape index (κ2) is 3.99. The lowest BCUT2D eigenvalue weighted by molar-refractivity contribution is 0.706. The molecule has 0 unspecified atom stereocenters. The fourth-order valence-electron chi connectivity index (χ4n) is 1.25. The van der Waals surface area contributed by atoms with E-state index in [-0.39, 0.29) is 11.5 Å². The van der Waals surface area contributed by atoms with Gasteiger partial charge in [-0.15, -0.1) is 0 Å². The van der Waals surface area contributed by atoms with Crippen LogP contribution >= 0.6 is 0 Å². The molecule has 1 rings (SSSR count). The largest absolute Gasteiger partial charge is 0.383 e. The van der Waals surface area contributed by atoms with E-state index in [0.29, 0.717) is 13.1 Å². The van der Waals surface area contributed by atoms with Gasteiger partial charge >= 0.3 is 5.69 Å². The first-order valence-corrected chi connectivity index (χ1v) is 4.48. The van der Waals surface area contributed by atoms with Crippen molar-refractivity contribution in [3.05, 3.63) is 20.8 Å². The zero-order chi connectivity index (χ0) is 10.7. The van der Waals surface area contributed by atoms with Crippen molar-refractivity contribution >= 4 is 11.5 Å². The first-order chi connectivity index (χ1) is 6.61. The highest BCUT2D eigenvalue weighted by atomic mass is 16.2. The molecule has 0 aliphatic carbocycles. The summed E-state index contributed by atoms with van der Waals surface area (Å²) in [6.07, 6.45) is 0. The third-order valence-corrected chi connectivity index (χ3v) is 1.91. The van der Waals surface area contributed by atoms with Gasteiger partial charge in [0.2, 0.25) is 0 Å². The van der Waals surface area contributed by atoms with Crippen LogP contribution in [-0.2, 0) is 6.54 Å². The lowest BCUT2D eigenvalue weighted by atomic mass is 10.4. The summed E-state index contributed by atoms with van der Waals surface area (Å²) >= 11 is 0. The van der Waals surface area contributed by atoms with Gasteiger partial charge in [0.05, 0.1) is 0 Å². The van der Waals surface area contributed by atoms with Gasteiger partial charge in [0.25, 0.3) is 5.56 Å². The fraction of sp³-hybridized carbons (Fsp3) is 0.500. The van der Waals surface area contributed by atoms with Gasteiger partial charge in [-0.3, -0.25) is 14.3 Å². The van der Waals surface area contributed by atoms with E-state index in [1.54, 1.807) is 6.92 Å². The minimum Gasteiger partial charge on any atom is -0.383 e.